The fourth-order valence-electron chi connectivity index (χ4n) is 2.09. The summed E-state index contributed by atoms with van der Waals surface area (Å²) in [6.45, 7) is 7.48. The molecule has 0 heterocycles. The summed E-state index contributed by atoms with van der Waals surface area (Å²) in [5.74, 6) is -0.254. The maximum absolute atomic E-state index is 13.5. The summed E-state index contributed by atoms with van der Waals surface area (Å²) < 4.78 is 18.4. The van der Waals surface area contributed by atoms with Gasteiger partial charge in [0, 0.05) is 38.5 Å². The third-order valence-corrected chi connectivity index (χ3v) is 3.11. The number of anilines is 1. The Hall–Kier alpha value is -1.17. The van der Waals surface area contributed by atoms with Crippen molar-refractivity contribution >= 4 is 5.69 Å². The van der Waals surface area contributed by atoms with Crippen molar-refractivity contribution in [2.45, 2.75) is 39.0 Å². The molecule has 0 aromatic heterocycles. The summed E-state index contributed by atoms with van der Waals surface area (Å²) >= 11 is 0. The molecule has 1 rings (SSSR count). The highest BCUT2D eigenvalue weighted by molar-refractivity contribution is 5.53. The first kappa shape index (κ1) is 17.9. The van der Waals surface area contributed by atoms with E-state index >= 15 is 0 Å². The molecule has 21 heavy (non-hydrogen) atoms. The molecule has 0 fully saturated rings. The monoisotopic (exact) mass is 298 g/mol. The van der Waals surface area contributed by atoms with E-state index in [1.807, 2.05) is 11.9 Å². The van der Waals surface area contributed by atoms with Gasteiger partial charge in [-0.15, -0.1) is 0 Å². The normalized spacial score (nSPS) is 13.3. The minimum Gasteiger partial charge on any atom is -0.389 e. The van der Waals surface area contributed by atoms with Crippen LogP contribution in [-0.2, 0) is 11.3 Å². The van der Waals surface area contributed by atoms with Gasteiger partial charge >= 0.3 is 0 Å². The molecule has 0 aliphatic heterocycles. The number of hydrogen-bond acceptors (Lipinski definition) is 4. The van der Waals surface area contributed by atoms with Gasteiger partial charge in [0.15, 0.2) is 0 Å². The SMILES string of the molecule is COCC(O)CN(C)c1ccc(F)cc1CNC(C)(C)C. The number of ether oxygens (including phenoxy) is 1. The second kappa shape index (κ2) is 7.73. The maximum Gasteiger partial charge on any atom is 0.123 e. The van der Waals surface area contributed by atoms with E-state index in [-0.39, 0.29) is 18.0 Å². The summed E-state index contributed by atoms with van der Waals surface area (Å²) in [6, 6.07) is 4.72. The first-order valence-corrected chi connectivity index (χ1v) is 7.14. The molecule has 0 saturated heterocycles. The van der Waals surface area contributed by atoms with Gasteiger partial charge in [0.25, 0.3) is 0 Å². The molecule has 1 aromatic rings. The van der Waals surface area contributed by atoms with Crippen LogP contribution in [-0.4, -0.2) is 44.1 Å². The first-order valence-electron chi connectivity index (χ1n) is 7.14. The Bertz CT molecular complexity index is 446. The summed E-state index contributed by atoms with van der Waals surface area (Å²) in [4.78, 5) is 1.92. The fourth-order valence-corrected chi connectivity index (χ4v) is 2.09. The predicted octanol–water partition coefficient (Wildman–Crippen LogP) is 2.16. The van der Waals surface area contributed by atoms with E-state index in [4.69, 9.17) is 4.74 Å². The zero-order valence-electron chi connectivity index (χ0n) is 13.6. The molecule has 120 valence electrons. The molecule has 1 aromatic carbocycles. The Labute approximate surface area is 126 Å². The van der Waals surface area contributed by atoms with Gasteiger partial charge in [0.1, 0.15) is 5.82 Å². The zero-order valence-corrected chi connectivity index (χ0v) is 13.6. The van der Waals surface area contributed by atoms with Crippen molar-refractivity contribution in [2.75, 3.05) is 32.2 Å². The van der Waals surface area contributed by atoms with Gasteiger partial charge in [-0.25, -0.2) is 4.39 Å². The van der Waals surface area contributed by atoms with Crippen LogP contribution in [0.3, 0.4) is 0 Å². The van der Waals surface area contributed by atoms with E-state index in [2.05, 4.69) is 26.1 Å². The van der Waals surface area contributed by atoms with Crippen LogP contribution in [0, 0.1) is 5.82 Å². The lowest BCUT2D eigenvalue weighted by Gasteiger charge is -2.27. The van der Waals surface area contributed by atoms with Gasteiger partial charge in [-0.2, -0.15) is 0 Å². The number of hydrogen-bond donors (Lipinski definition) is 2. The topological polar surface area (TPSA) is 44.7 Å². The Morgan fingerprint density at radius 2 is 2.05 bits per heavy atom. The van der Waals surface area contributed by atoms with Crippen molar-refractivity contribution < 1.29 is 14.2 Å². The summed E-state index contributed by atoms with van der Waals surface area (Å²) in [7, 11) is 3.44. The number of aliphatic hydroxyl groups excluding tert-OH is 1. The number of halogens is 1. The summed E-state index contributed by atoms with van der Waals surface area (Å²) in [5, 5.41) is 13.2. The van der Waals surface area contributed by atoms with E-state index < -0.39 is 6.10 Å². The Morgan fingerprint density at radius 3 is 2.62 bits per heavy atom. The van der Waals surface area contributed by atoms with Crippen LogP contribution in [0.5, 0.6) is 0 Å². The Morgan fingerprint density at radius 1 is 1.38 bits per heavy atom. The highest BCUT2D eigenvalue weighted by Gasteiger charge is 2.15. The van der Waals surface area contributed by atoms with Crippen LogP contribution in [0.25, 0.3) is 0 Å². The maximum atomic E-state index is 13.5. The Kier molecular flexibility index (Phi) is 6.58. The predicted molar refractivity (Wildman–Crippen MR) is 84.1 cm³/mol. The van der Waals surface area contributed by atoms with Gasteiger partial charge in [-0.1, -0.05) is 0 Å². The standard InChI is InChI=1S/C16H27FN2O2/c1-16(2,3)18-9-12-8-13(17)6-7-15(12)19(4)10-14(20)11-21-5/h6-8,14,18,20H,9-11H2,1-5H3. The van der Waals surface area contributed by atoms with Gasteiger partial charge < -0.3 is 20.1 Å². The molecule has 4 nitrogen and oxygen atoms in total. The lowest BCUT2D eigenvalue weighted by molar-refractivity contribution is 0.0695. The molecule has 0 saturated carbocycles. The number of benzene rings is 1. The third kappa shape index (κ3) is 6.42. The van der Waals surface area contributed by atoms with Crippen molar-refractivity contribution in [1.82, 2.24) is 5.32 Å². The van der Waals surface area contributed by atoms with Crippen molar-refractivity contribution in [2.24, 2.45) is 0 Å². The van der Waals surface area contributed by atoms with E-state index in [1.54, 1.807) is 13.2 Å². The molecule has 0 spiro atoms. The third-order valence-electron chi connectivity index (χ3n) is 3.11. The molecule has 0 radical (unpaired) electrons. The van der Waals surface area contributed by atoms with Crippen molar-refractivity contribution in [3.8, 4) is 0 Å². The zero-order chi connectivity index (χ0) is 16.0. The lowest BCUT2D eigenvalue weighted by atomic mass is 10.1. The van der Waals surface area contributed by atoms with Crippen LogP contribution in [0.2, 0.25) is 0 Å². The second-order valence-corrected chi connectivity index (χ2v) is 6.37. The van der Waals surface area contributed by atoms with Crippen LogP contribution >= 0.6 is 0 Å². The summed E-state index contributed by atoms with van der Waals surface area (Å²) in [6.07, 6.45) is -0.575. The average Bonchev–Trinajstić information content (AvgIpc) is 2.35. The van der Waals surface area contributed by atoms with Crippen LogP contribution < -0.4 is 10.2 Å². The second-order valence-electron chi connectivity index (χ2n) is 6.37. The number of likely N-dealkylation sites (N-methyl/N-ethyl adjacent to an activating group) is 1. The highest BCUT2D eigenvalue weighted by atomic mass is 19.1. The first-order chi connectivity index (χ1) is 9.73. The Balaban J connectivity index is 2.85. The molecule has 0 amide bonds. The lowest BCUT2D eigenvalue weighted by Crippen LogP contribution is -2.36. The number of methoxy groups -OCH3 is 1. The number of rotatable bonds is 7. The smallest absolute Gasteiger partial charge is 0.123 e. The van der Waals surface area contributed by atoms with Crippen LogP contribution in [0.1, 0.15) is 26.3 Å². The fraction of sp³-hybridized carbons (Fsp3) is 0.625. The van der Waals surface area contributed by atoms with Crippen molar-refractivity contribution in [1.29, 1.82) is 0 Å². The average molecular weight is 298 g/mol. The van der Waals surface area contributed by atoms with Gasteiger partial charge in [-0.05, 0) is 44.5 Å². The number of aliphatic hydroxyl groups is 1. The van der Waals surface area contributed by atoms with Crippen LogP contribution in [0.4, 0.5) is 10.1 Å². The molecule has 0 aliphatic carbocycles. The molecule has 1 unspecified atom stereocenters. The highest BCUT2D eigenvalue weighted by Crippen LogP contribution is 2.21. The minimum absolute atomic E-state index is 0.0439. The molecule has 1 atom stereocenters. The quantitative estimate of drug-likeness (QED) is 0.810. The van der Waals surface area contributed by atoms with Crippen molar-refractivity contribution in [3.05, 3.63) is 29.6 Å². The molecular formula is C16H27FN2O2. The molecule has 0 bridgehead atoms. The molecule has 5 heteroatoms. The molecule has 2 N–H and O–H groups in total. The molecular weight excluding hydrogens is 271 g/mol. The van der Waals surface area contributed by atoms with Gasteiger partial charge in [0.05, 0.1) is 12.7 Å². The van der Waals surface area contributed by atoms with E-state index in [0.717, 1.165) is 11.3 Å². The molecule has 0 aliphatic rings. The van der Waals surface area contributed by atoms with E-state index in [0.29, 0.717) is 13.1 Å². The largest absolute Gasteiger partial charge is 0.389 e. The van der Waals surface area contributed by atoms with Crippen LogP contribution in [0.15, 0.2) is 18.2 Å². The van der Waals surface area contributed by atoms with Gasteiger partial charge in [0.2, 0.25) is 0 Å². The van der Waals surface area contributed by atoms with E-state index in [9.17, 15) is 9.50 Å². The number of nitrogens with zero attached hydrogens (tertiary/aromatic N) is 1. The number of nitrogens with one attached hydrogen (secondary N) is 1. The minimum atomic E-state index is -0.575. The van der Waals surface area contributed by atoms with Crippen molar-refractivity contribution in [3.63, 3.8) is 0 Å². The van der Waals surface area contributed by atoms with Gasteiger partial charge in [-0.3, -0.25) is 0 Å². The van der Waals surface area contributed by atoms with E-state index in [1.165, 1.54) is 12.1 Å². The summed E-state index contributed by atoms with van der Waals surface area (Å²) in [5.41, 5.74) is 1.73.